The van der Waals surface area contributed by atoms with E-state index in [-0.39, 0.29) is 5.25 Å². The minimum atomic E-state index is -3.06. The van der Waals surface area contributed by atoms with E-state index in [0.29, 0.717) is 12.0 Å². The Balaban J connectivity index is 1.78. The average Bonchev–Trinajstić information content (AvgIpc) is 2.47. The molecule has 0 aromatic heterocycles. The summed E-state index contributed by atoms with van der Waals surface area (Å²) in [7, 11) is -3.06. The Hall–Kier alpha value is -0.130. The van der Waals surface area contributed by atoms with Crippen molar-refractivity contribution in [3.8, 4) is 0 Å². The highest BCUT2D eigenvalue weighted by Crippen LogP contribution is 2.38. The summed E-state index contributed by atoms with van der Waals surface area (Å²) in [6.45, 7) is 2.48. The Morgan fingerprint density at radius 3 is 2.37 bits per heavy atom. The first-order valence-corrected chi connectivity index (χ1v) is 9.41. The molecule has 2 atom stereocenters. The number of nitrogens with zero attached hydrogens (tertiary/aromatic N) is 1. The predicted octanol–water partition coefficient (Wildman–Crippen LogP) is 1.72. The zero-order chi connectivity index (χ0) is 13.3. The fourth-order valence-corrected chi connectivity index (χ4v) is 6.43. The normalized spacial score (nSPS) is 34.9. The molecule has 2 aliphatic heterocycles. The van der Waals surface area contributed by atoms with Crippen LogP contribution in [0.25, 0.3) is 0 Å². The summed E-state index contributed by atoms with van der Waals surface area (Å²) in [6.07, 6.45) is 8.71. The summed E-state index contributed by atoms with van der Waals surface area (Å²) in [4.78, 5) is 0. The van der Waals surface area contributed by atoms with Gasteiger partial charge in [0.1, 0.15) is 0 Å². The Kier molecular flexibility index (Phi) is 4.15. The quantitative estimate of drug-likeness (QED) is 0.841. The molecule has 5 heteroatoms. The lowest BCUT2D eigenvalue weighted by Gasteiger charge is -2.44. The number of fused-ring (bicyclic) bond motifs is 1. The molecule has 0 amide bonds. The highest BCUT2D eigenvalue weighted by atomic mass is 32.2. The minimum Gasteiger partial charge on any atom is -0.317 e. The van der Waals surface area contributed by atoms with Gasteiger partial charge in [-0.05, 0) is 57.5 Å². The molecular weight excluding hydrogens is 260 g/mol. The summed E-state index contributed by atoms with van der Waals surface area (Å²) in [5.74, 6) is 0.638. The van der Waals surface area contributed by atoms with Crippen LogP contribution in [0.3, 0.4) is 0 Å². The summed E-state index contributed by atoms with van der Waals surface area (Å²) in [5, 5.41) is 3.13. The van der Waals surface area contributed by atoms with Crippen LogP contribution in [-0.4, -0.2) is 43.6 Å². The Bertz CT molecular complexity index is 402. The standard InChI is InChI=1S/C14H26N2O2S/c17-19(18,13-7-9-15-10-8-13)16-11-3-5-12-4-1-2-6-14(12)16/h12-15H,1-11H2/t12-,14-/m1/s1. The molecule has 0 spiro atoms. The van der Waals surface area contributed by atoms with E-state index in [2.05, 4.69) is 5.32 Å². The van der Waals surface area contributed by atoms with E-state index in [1.807, 2.05) is 4.31 Å². The highest BCUT2D eigenvalue weighted by Gasteiger charge is 2.42. The van der Waals surface area contributed by atoms with Crippen molar-refractivity contribution >= 4 is 10.0 Å². The van der Waals surface area contributed by atoms with Gasteiger partial charge in [-0.1, -0.05) is 12.8 Å². The second-order valence-corrected chi connectivity index (χ2v) is 8.52. The van der Waals surface area contributed by atoms with Crippen LogP contribution in [-0.2, 0) is 10.0 Å². The van der Waals surface area contributed by atoms with Crippen molar-refractivity contribution in [3.63, 3.8) is 0 Å². The Morgan fingerprint density at radius 1 is 0.895 bits per heavy atom. The molecule has 1 saturated carbocycles. The molecule has 4 nitrogen and oxygen atoms in total. The van der Waals surface area contributed by atoms with Crippen LogP contribution < -0.4 is 5.32 Å². The van der Waals surface area contributed by atoms with E-state index in [1.54, 1.807) is 0 Å². The van der Waals surface area contributed by atoms with Gasteiger partial charge in [0.2, 0.25) is 10.0 Å². The molecule has 0 unspecified atom stereocenters. The fourth-order valence-electron chi connectivity index (χ4n) is 4.18. The monoisotopic (exact) mass is 286 g/mol. The van der Waals surface area contributed by atoms with Crippen LogP contribution in [0, 0.1) is 5.92 Å². The molecule has 1 N–H and O–H groups in total. The molecule has 2 heterocycles. The molecule has 0 radical (unpaired) electrons. The van der Waals surface area contributed by atoms with Gasteiger partial charge in [0.25, 0.3) is 0 Å². The molecular formula is C14H26N2O2S. The van der Waals surface area contributed by atoms with Gasteiger partial charge in [-0.15, -0.1) is 0 Å². The Morgan fingerprint density at radius 2 is 1.58 bits per heavy atom. The van der Waals surface area contributed by atoms with E-state index in [1.165, 1.54) is 25.7 Å². The average molecular weight is 286 g/mol. The zero-order valence-electron chi connectivity index (χ0n) is 11.7. The molecule has 3 rings (SSSR count). The second-order valence-electron chi connectivity index (χ2n) is 6.36. The number of hydrogen-bond acceptors (Lipinski definition) is 3. The summed E-state index contributed by atoms with van der Waals surface area (Å²) < 4.78 is 27.7. The Labute approximate surface area is 117 Å². The third-order valence-electron chi connectivity index (χ3n) is 5.23. The molecule has 3 fully saturated rings. The molecule has 3 aliphatic rings. The first-order chi connectivity index (χ1) is 9.19. The van der Waals surface area contributed by atoms with Gasteiger partial charge in [0.15, 0.2) is 0 Å². The van der Waals surface area contributed by atoms with Crippen LogP contribution in [0.2, 0.25) is 0 Å². The van der Waals surface area contributed by atoms with Crippen LogP contribution in [0.15, 0.2) is 0 Å². The van der Waals surface area contributed by atoms with Crippen LogP contribution in [0.4, 0.5) is 0 Å². The number of nitrogens with one attached hydrogen (secondary N) is 1. The molecule has 0 aromatic carbocycles. The van der Waals surface area contributed by atoms with Gasteiger partial charge < -0.3 is 5.32 Å². The molecule has 110 valence electrons. The van der Waals surface area contributed by atoms with Crippen molar-refractivity contribution < 1.29 is 8.42 Å². The SMILES string of the molecule is O=S(=O)(C1CCNCC1)N1CCC[C@H]2CCCC[C@H]21. The maximum Gasteiger partial charge on any atom is 0.217 e. The number of hydrogen-bond donors (Lipinski definition) is 1. The number of sulfonamides is 1. The molecule has 0 bridgehead atoms. The molecule has 0 aromatic rings. The van der Waals surface area contributed by atoms with Gasteiger partial charge >= 0.3 is 0 Å². The van der Waals surface area contributed by atoms with Crippen molar-refractivity contribution in [3.05, 3.63) is 0 Å². The maximum atomic E-state index is 12.9. The predicted molar refractivity (Wildman–Crippen MR) is 76.5 cm³/mol. The van der Waals surface area contributed by atoms with E-state index in [9.17, 15) is 8.42 Å². The minimum absolute atomic E-state index is 0.130. The second kappa shape index (κ2) is 5.70. The van der Waals surface area contributed by atoms with Crippen LogP contribution in [0.1, 0.15) is 51.4 Å². The third-order valence-corrected chi connectivity index (χ3v) is 7.65. The number of piperidine rings is 2. The third kappa shape index (κ3) is 2.69. The highest BCUT2D eigenvalue weighted by molar-refractivity contribution is 7.89. The lowest BCUT2D eigenvalue weighted by atomic mass is 9.79. The fraction of sp³-hybridized carbons (Fsp3) is 1.00. The molecule has 2 saturated heterocycles. The van der Waals surface area contributed by atoms with E-state index < -0.39 is 10.0 Å². The maximum absolute atomic E-state index is 12.9. The smallest absolute Gasteiger partial charge is 0.217 e. The number of rotatable bonds is 2. The van der Waals surface area contributed by atoms with Crippen molar-refractivity contribution in [2.75, 3.05) is 19.6 Å². The van der Waals surface area contributed by atoms with Gasteiger partial charge in [0, 0.05) is 12.6 Å². The summed E-state index contributed by atoms with van der Waals surface area (Å²) in [6, 6.07) is 0.322. The van der Waals surface area contributed by atoms with Crippen molar-refractivity contribution in [2.45, 2.75) is 62.7 Å². The van der Waals surface area contributed by atoms with Crippen molar-refractivity contribution in [2.24, 2.45) is 5.92 Å². The van der Waals surface area contributed by atoms with E-state index >= 15 is 0 Å². The lowest BCUT2D eigenvalue weighted by Crippen LogP contribution is -2.53. The summed E-state index contributed by atoms with van der Waals surface area (Å²) in [5.41, 5.74) is 0. The van der Waals surface area contributed by atoms with E-state index in [0.717, 1.165) is 45.3 Å². The van der Waals surface area contributed by atoms with Gasteiger partial charge in [0.05, 0.1) is 5.25 Å². The largest absolute Gasteiger partial charge is 0.317 e. The topological polar surface area (TPSA) is 49.4 Å². The van der Waals surface area contributed by atoms with Crippen molar-refractivity contribution in [1.82, 2.24) is 9.62 Å². The zero-order valence-corrected chi connectivity index (χ0v) is 12.5. The first kappa shape index (κ1) is 13.8. The van der Waals surface area contributed by atoms with Crippen LogP contribution >= 0.6 is 0 Å². The summed E-state index contributed by atoms with van der Waals surface area (Å²) >= 11 is 0. The first-order valence-electron chi connectivity index (χ1n) is 7.91. The van der Waals surface area contributed by atoms with E-state index in [4.69, 9.17) is 0 Å². The van der Waals surface area contributed by atoms with Gasteiger partial charge in [-0.2, -0.15) is 4.31 Å². The van der Waals surface area contributed by atoms with Crippen LogP contribution in [0.5, 0.6) is 0 Å². The lowest BCUT2D eigenvalue weighted by molar-refractivity contribution is 0.127. The van der Waals surface area contributed by atoms with Crippen molar-refractivity contribution in [1.29, 1.82) is 0 Å². The molecule has 1 aliphatic carbocycles. The molecule has 19 heavy (non-hydrogen) atoms. The van der Waals surface area contributed by atoms with Gasteiger partial charge in [-0.3, -0.25) is 0 Å². The van der Waals surface area contributed by atoms with Gasteiger partial charge in [-0.25, -0.2) is 8.42 Å².